The number of pyridine rings is 1. The van der Waals surface area contributed by atoms with E-state index in [-0.39, 0.29) is 0 Å². The van der Waals surface area contributed by atoms with Gasteiger partial charge in [0.2, 0.25) is 0 Å². The van der Waals surface area contributed by atoms with Crippen LogP contribution in [0.2, 0.25) is 0 Å². The van der Waals surface area contributed by atoms with Crippen LogP contribution in [0.15, 0.2) is 18.5 Å². The summed E-state index contributed by atoms with van der Waals surface area (Å²) in [6.07, 6.45) is 2.99. The number of hydrogen-bond acceptors (Lipinski definition) is 4. The van der Waals surface area contributed by atoms with Gasteiger partial charge in [-0.3, -0.25) is 4.98 Å². The second kappa shape index (κ2) is 4.19. The predicted molar refractivity (Wildman–Crippen MR) is 59.1 cm³/mol. The number of hydrogen-bond donors (Lipinski definition) is 1. The molecular formula is C11H13N3O2. The van der Waals surface area contributed by atoms with Crippen LogP contribution in [0.3, 0.4) is 0 Å². The minimum atomic E-state index is -1.09. The first-order valence-corrected chi connectivity index (χ1v) is 4.72. The van der Waals surface area contributed by atoms with E-state index in [0.717, 1.165) is 0 Å². The number of rotatable bonds is 3. The van der Waals surface area contributed by atoms with Crippen molar-refractivity contribution in [2.45, 2.75) is 19.4 Å². The number of carboxylic acids is 1. The van der Waals surface area contributed by atoms with Gasteiger partial charge in [-0.25, -0.2) is 4.79 Å². The maximum atomic E-state index is 11.1. The second-order valence-corrected chi connectivity index (χ2v) is 3.93. The first-order chi connectivity index (χ1) is 7.41. The molecule has 1 heterocycles. The molecule has 0 atom stereocenters. The average molecular weight is 219 g/mol. The molecular weight excluding hydrogens is 206 g/mol. The fraction of sp³-hybridized carbons (Fsp3) is 0.364. The lowest BCUT2D eigenvalue weighted by Gasteiger charge is -2.33. The molecule has 84 valence electrons. The third-order valence-corrected chi connectivity index (χ3v) is 2.64. The van der Waals surface area contributed by atoms with Gasteiger partial charge in [-0.15, -0.1) is 0 Å². The molecule has 0 saturated heterocycles. The molecule has 0 bridgehead atoms. The Kier molecular flexibility index (Phi) is 3.14. The summed E-state index contributed by atoms with van der Waals surface area (Å²) in [5.41, 5.74) is -0.168. The topological polar surface area (TPSA) is 77.2 Å². The van der Waals surface area contributed by atoms with Gasteiger partial charge in [0.15, 0.2) is 0 Å². The maximum absolute atomic E-state index is 11.1. The molecule has 0 amide bonds. The van der Waals surface area contributed by atoms with Crippen LogP contribution in [0.5, 0.6) is 0 Å². The zero-order valence-corrected chi connectivity index (χ0v) is 9.43. The molecule has 0 fully saturated rings. The zero-order chi connectivity index (χ0) is 12.3. The molecule has 0 saturated carbocycles. The Hall–Kier alpha value is -2.09. The molecule has 0 aliphatic heterocycles. The SMILES string of the molecule is CN(c1cnccc1C#N)C(C)(C)C(=O)O. The van der Waals surface area contributed by atoms with E-state index < -0.39 is 11.5 Å². The van der Waals surface area contributed by atoms with Crippen molar-refractivity contribution in [2.24, 2.45) is 0 Å². The Bertz CT molecular complexity index is 449. The average Bonchev–Trinajstić information content (AvgIpc) is 2.27. The van der Waals surface area contributed by atoms with Crippen molar-refractivity contribution in [2.75, 3.05) is 11.9 Å². The zero-order valence-electron chi connectivity index (χ0n) is 9.43. The van der Waals surface area contributed by atoms with Gasteiger partial charge in [-0.05, 0) is 19.9 Å². The summed E-state index contributed by atoms with van der Waals surface area (Å²) < 4.78 is 0. The van der Waals surface area contributed by atoms with E-state index in [1.807, 2.05) is 6.07 Å². The molecule has 0 aromatic carbocycles. The Labute approximate surface area is 93.9 Å². The second-order valence-electron chi connectivity index (χ2n) is 3.93. The molecule has 1 aromatic heterocycles. The Balaban J connectivity index is 3.20. The van der Waals surface area contributed by atoms with Crippen LogP contribution in [0.25, 0.3) is 0 Å². The van der Waals surface area contributed by atoms with Gasteiger partial charge in [0.1, 0.15) is 11.6 Å². The van der Waals surface area contributed by atoms with Crippen LogP contribution in [-0.4, -0.2) is 28.6 Å². The Morgan fingerprint density at radius 1 is 1.62 bits per heavy atom. The fourth-order valence-corrected chi connectivity index (χ4v) is 1.19. The molecule has 1 aromatic rings. The summed E-state index contributed by atoms with van der Waals surface area (Å²) in [5, 5.41) is 18.0. The fourth-order valence-electron chi connectivity index (χ4n) is 1.19. The number of nitrogens with zero attached hydrogens (tertiary/aromatic N) is 3. The van der Waals surface area contributed by atoms with Crippen molar-refractivity contribution in [3.63, 3.8) is 0 Å². The Morgan fingerprint density at radius 2 is 2.25 bits per heavy atom. The van der Waals surface area contributed by atoms with Crippen LogP contribution in [0, 0.1) is 11.3 Å². The molecule has 1 rings (SSSR count). The summed E-state index contributed by atoms with van der Waals surface area (Å²) in [6, 6.07) is 3.57. The number of aromatic nitrogens is 1. The highest BCUT2D eigenvalue weighted by Gasteiger charge is 2.33. The van der Waals surface area contributed by atoms with Crippen molar-refractivity contribution >= 4 is 11.7 Å². The van der Waals surface area contributed by atoms with Gasteiger partial charge < -0.3 is 10.0 Å². The molecule has 0 spiro atoms. The third kappa shape index (κ3) is 1.96. The molecule has 5 nitrogen and oxygen atoms in total. The first kappa shape index (κ1) is 12.0. The molecule has 0 aliphatic rings. The number of carbonyl (C=O) groups is 1. The number of likely N-dealkylation sites (N-methyl/N-ethyl adjacent to an activating group) is 1. The normalized spacial score (nSPS) is 10.6. The van der Waals surface area contributed by atoms with Crippen molar-refractivity contribution in [3.05, 3.63) is 24.0 Å². The quantitative estimate of drug-likeness (QED) is 0.827. The highest BCUT2D eigenvalue weighted by molar-refractivity contribution is 5.83. The van der Waals surface area contributed by atoms with E-state index in [9.17, 15) is 4.79 Å². The summed E-state index contributed by atoms with van der Waals surface area (Å²) >= 11 is 0. The van der Waals surface area contributed by atoms with Crippen LogP contribution >= 0.6 is 0 Å². The summed E-state index contributed by atoms with van der Waals surface area (Å²) in [7, 11) is 1.63. The van der Waals surface area contributed by atoms with Gasteiger partial charge >= 0.3 is 5.97 Å². The van der Waals surface area contributed by atoms with Gasteiger partial charge in [0.05, 0.1) is 17.4 Å². The van der Waals surface area contributed by atoms with Gasteiger partial charge in [0.25, 0.3) is 0 Å². The van der Waals surface area contributed by atoms with E-state index in [2.05, 4.69) is 4.98 Å². The molecule has 0 radical (unpaired) electrons. The van der Waals surface area contributed by atoms with Crippen molar-refractivity contribution in [3.8, 4) is 6.07 Å². The van der Waals surface area contributed by atoms with E-state index in [1.54, 1.807) is 27.0 Å². The monoisotopic (exact) mass is 219 g/mol. The first-order valence-electron chi connectivity index (χ1n) is 4.72. The lowest BCUT2D eigenvalue weighted by atomic mass is 10.0. The third-order valence-electron chi connectivity index (χ3n) is 2.64. The lowest BCUT2D eigenvalue weighted by molar-refractivity contribution is -0.142. The lowest BCUT2D eigenvalue weighted by Crippen LogP contribution is -2.48. The minimum Gasteiger partial charge on any atom is -0.480 e. The van der Waals surface area contributed by atoms with Crippen LogP contribution in [0.1, 0.15) is 19.4 Å². The van der Waals surface area contributed by atoms with E-state index in [4.69, 9.17) is 10.4 Å². The number of anilines is 1. The maximum Gasteiger partial charge on any atom is 0.328 e. The van der Waals surface area contributed by atoms with Gasteiger partial charge in [0, 0.05) is 13.2 Å². The Morgan fingerprint density at radius 3 is 2.75 bits per heavy atom. The van der Waals surface area contributed by atoms with Gasteiger partial charge in [-0.1, -0.05) is 0 Å². The highest BCUT2D eigenvalue weighted by atomic mass is 16.4. The predicted octanol–water partition coefficient (Wildman–Crippen LogP) is 1.25. The summed E-state index contributed by atoms with van der Waals surface area (Å²) in [5.74, 6) is -0.956. The van der Waals surface area contributed by atoms with Gasteiger partial charge in [-0.2, -0.15) is 5.26 Å². The number of carboxylic acid groups (broad SMARTS) is 1. The smallest absolute Gasteiger partial charge is 0.328 e. The van der Waals surface area contributed by atoms with Crippen LogP contribution in [-0.2, 0) is 4.79 Å². The number of aliphatic carboxylic acids is 1. The molecule has 0 unspecified atom stereocenters. The van der Waals surface area contributed by atoms with Crippen molar-refractivity contribution < 1.29 is 9.90 Å². The number of nitriles is 1. The summed E-state index contributed by atoms with van der Waals surface area (Å²) in [6.45, 7) is 3.15. The van der Waals surface area contributed by atoms with Crippen molar-refractivity contribution in [1.82, 2.24) is 4.98 Å². The molecule has 16 heavy (non-hydrogen) atoms. The van der Waals surface area contributed by atoms with E-state index in [0.29, 0.717) is 11.3 Å². The highest BCUT2D eigenvalue weighted by Crippen LogP contribution is 2.24. The molecule has 1 N–H and O–H groups in total. The molecule has 5 heteroatoms. The summed E-state index contributed by atoms with van der Waals surface area (Å²) in [4.78, 5) is 16.5. The van der Waals surface area contributed by atoms with Crippen molar-refractivity contribution in [1.29, 1.82) is 5.26 Å². The van der Waals surface area contributed by atoms with E-state index in [1.165, 1.54) is 17.3 Å². The van der Waals surface area contributed by atoms with Crippen LogP contribution in [0.4, 0.5) is 5.69 Å². The minimum absolute atomic E-state index is 0.409. The van der Waals surface area contributed by atoms with Crippen LogP contribution < -0.4 is 4.90 Å². The van der Waals surface area contributed by atoms with E-state index >= 15 is 0 Å². The largest absolute Gasteiger partial charge is 0.480 e. The standard InChI is InChI=1S/C11H13N3O2/c1-11(2,10(15)16)14(3)9-7-13-5-4-8(9)6-12/h4-5,7H,1-3H3,(H,15,16). The molecule has 0 aliphatic carbocycles.